The molecule has 2 amide bonds. The second kappa shape index (κ2) is 8.95. The van der Waals surface area contributed by atoms with Crippen molar-refractivity contribution in [1.82, 2.24) is 9.97 Å². The number of aromatic nitrogens is 2. The van der Waals surface area contributed by atoms with Gasteiger partial charge in [0.1, 0.15) is 17.2 Å². The molecule has 4 N–H and O–H groups in total. The normalized spacial score (nSPS) is 13.7. The lowest BCUT2D eigenvalue weighted by Gasteiger charge is -2.29. The van der Waals surface area contributed by atoms with Gasteiger partial charge in [-0.2, -0.15) is 0 Å². The summed E-state index contributed by atoms with van der Waals surface area (Å²) in [5, 5.41) is 2.73. The van der Waals surface area contributed by atoms with Crippen LogP contribution in [0.1, 0.15) is 20.7 Å². The third-order valence-electron chi connectivity index (χ3n) is 5.76. The van der Waals surface area contributed by atoms with E-state index in [9.17, 15) is 14.0 Å². The zero-order valence-electron chi connectivity index (χ0n) is 18.2. The van der Waals surface area contributed by atoms with Gasteiger partial charge in [0, 0.05) is 29.9 Å². The summed E-state index contributed by atoms with van der Waals surface area (Å²) in [6, 6.07) is 16.7. The van der Waals surface area contributed by atoms with Gasteiger partial charge in [0.25, 0.3) is 11.8 Å². The summed E-state index contributed by atoms with van der Waals surface area (Å²) in [4.78, 5) is 33.9. The van der Waals surface area contributed by atoms with Crippen LogP contribution in [-0.2, 0) is 4.74 Å². The van der Waals surface area contributed by atoms with E-state index in [-0.39, 0.29) is 5.91 Å². The second-order valence-corrected chi connectivity index (χ2v) is 7.95. The molecule has 172 valence electrons. The molecule has 0 saturated carbocycles. The molecule has 0 bridgehead atoms. The Morgan fingerprint density at radius 3 is 2.53 bits per heavy atom. The van der Waals surface area contributed by atoms with Gasteiger partial charge in [-0.1, -0.05) is 18.2 Å². The summed E-state index contributed by atoms with van der Waals surface area (Å²) < 4.78 is 19.9. The van der Waals surface area contributed by atoms with Gasteiger partial charge in [0.2, 0.25) is 0 Å². The van der Waals surface area contributed by atoms with Crippen molar-refractivity contribution in [3.63, 3.8) is 0 Å². The highest BCUT2D eigenvalue weighted by molar-refractivity contribution is 6.05. The van der Waals surface area contributed by atoms with Gasteiger partial charge in [-0.25, -0.2) is 9.37 Å². The van der Waals surface area contributed by atoms with E-state index in [1.165, 1.54) is 6.07 Å². The second-order valence-electron chi connectivity index (χ2n) is 7.95. The van der Waals surface area contributed by atoms with Crippen molar-refractivity contribution in [2.24, 2.45) is 5.73 Å². The van der Waals surface area contributed by atoms with Gasteiger partial charge in [0.15, 0.2) is 0 Å². The zero-order chi connectivity index (χ0) is 23.7. The number of fused-ring (bicyclic) bond motifs is 1. The van der Waals surface area contributed by atoms with Crippen LogP contribution in [0.15, 0.2) is 60.7 Å². The molecular weight excluding hydrogens is 437 g/mol. The quantitative estimate of drug-likeness (QED) is 0.422. The number of aromatic amines is 1. The van der Waals surface area contributed by atoms with Crippen LogP contribution < -0.4 is 16.0 Å². The molecule has 0 radical (unpaired) electrons. The fraction of sp³-hybridized carbons (Fsp3) is 0.160. The summed E-state index contributed by atoms with van der Waals surface area (Å²) in [5.41, 5.74) is 8.98. The van der Waals surface area contributed by atoms with E-state index in [1.54, 1.807) is 48.5 Å². The van der Waals surface area contributed by atoms with Gasteiger partial charge < -0.3 is 25.7 Å². The SMILES string of the molecule is NC(=O)c1cccc2[nH]c(-c3ccc(C(=O)Nc4ccc(N5CCOCC5)c(F)c4)cc3)nc12. The largest absolute Gasteiger partial charge is 0.378 e. The Bertz CT molecular complexity index is 1380. The number of hydrogen-bond acceptors (Lipinski definition) is 5. The number of halogens is 1. The van der Waals surface area contributed by atoms with Crippen molar-refractivity contribution in [1.29, 1.82) is 0 Å². The van der Waals surface area contributed by atoms with Crippen LogP contribution in [0.3, 0.4) is 0 Å². The smallest absolute Gasteiger partial charge is 0.255 e. The summed E-state index contributed by atoms with van der Waals surface area (Å²) in [7, 11) is 0. The maximum Gasteiger partial charge on any atom is 0.255 e. The standard InChI is InChI=1S/C25H22FN5O3/c26-19-14-17(8-9-21(19)31-10-12-34-13-11-31)28-25(33)16-6-4-15(5-7-16)24-29-20-3-1-2-18(23(27)32)22(20)30-24/h1-9,14H,10-13H2,(H2,27,32)(H,28,33)(H,29,30). The average molecular weight is 459 g/mol. The molecule has 2 heterocycles. The Labute approximate surface area is 194 Å². The van der Waals surface area contributed by atoms with E-state index in [1.807, 2.05) is 11.0 Å². The van der Waals surface area contributed by atoms with Crippen LogP contribution in [-0.4, -0.2) is 48.1 Å². The number of ether oxygens (including phenoxy) is 1. The molecule has 34 heavy (non-hydrogen) atoms. The van der Waals surface area contributed by atoms with E-state index in [0.29, 0.717) is 65.7 Å². The van der Waals surface area contributed by atoms with E-state index in [4.69, 9.17) is 10.5 Å². The number of nitrogens with two attached hydrogens (primary N) is 1. The van der Waals surface area contributed by atoms with Crippen LogP contribution in [0.4, 0.5) is 15.8 Å². The molecule has 0 spiro atoms. The van der Waals surface area contributed by atoms with Gasteiger partial charge in [0.05, 0.1) is 30.0 Å². The average Bonchev–Trinajstić information content (AvgIpc) is 3.29. The molecule has 0 unspecified atom stereocenters. The summed E-state index contributed by atoms with van der Waals surface area (Å²) in [5.74, 6) is -0.748. The van der Waals surface area contributed by atoms with Crippen LogP contribution in [0.2, 0.25) is 0 Å². The molecule has 4 aromatic rings. The number of hydrogen-bond donors (Lipinski definition) is 3. The zero-order valence-corrected chi connectivity index (χ0v) is 18.2. The molecule has 0 aliphatic carbocycles. The Kier molecular flexibility index (Phi) is 5.69. The first-order valence-electron chi connectivity index (χ1n) is 10.8. The number of carbonyl (C=O) groups excluding carboxylic acids is 2. The molecular formula is C25H22FN5O3. The first-order chi connectivity index (χ1) is 16.5. The molecule has 1 aliphatic rings. The molecule has 1 fully saturated rings. The Balaban J connectivity index is 1.31. The van der Waals surface area contributed by atoms with Crippen LogP contribution in [0.25, 0.3) is 22.4 Å². The van der Waals surface area contributed by atoms with Crippen molar-refractivity contribution in [3.05, 3.63) is 77.6 Å². The number of benzene rings is 3. The molecule has 1 aromatic heterocycles. The van der Waals surface area contributed by atoms with Gasteiger partial charge >= 0.3 is 0 Å². The number of carbonyl (C=O) groups is 2. The molecule has 8 nitrogen and oxygen atoms in total. The minimum absolute atomic E-state index is 0.336. The maximum atomic E-state index is 14.6. The first kappa shape index (κ1) is 21.6. The Hall–Kier alpha value is -4.24. The number of rotatable bonds is 5. The number of nitrogens with one attached hydrogen (secondary N) is 2. The summed E-state index contributed by atoms with van der Waals surface area (Å²) in [6.07, 6.45) is 0. The fourth-order valence-electron chi connectivity index (χ4n) is 4.00. The highest BCUT2D eigenvalue weighted by Crippen LogP contribution is 2.25. The number of primary amides is 1. The molecule has 5 rings (SSSR count). The molecule has 9 heteroatoms. The number of H-pyrrole nitrogens is 1. The fourth-order valence-corrected chi connectivity index (χ4v) is 4.00. The monoisotopic (exact) mass is 459 g/mol. The van der Waals surface area contributed by atoms with E-state index >= 15 is 0 Å². The lowest BCUT2D eigenvalue weighted by Crippen LogP contribution is -2.36. The molecule has 0 atom stereocenters. The maximum absolute atomic E-state index is 14.6. The number of nitrogens with zero attached hydrogens (tertiary/aromatic N) is 2. The van der Waals surface area contributed by atoms with Crippen LogP contribution in [0.5, 0.6) is 0 Å². The lowest BCUT2D eigenvalue weighted by molar-refractivity contribution is 0.0998. The van der Waals surface area contributed by atoms with E-state index in [2.05, 4.69) is 15.3 Å². The third-order valence-corrected chi connectivity index (χ3v) is 5.76. The van der Waals surface area contributed by atoms with Crippen molar-refractivity contribution in [3.8, 4) is 11.4 Å². The topological polar surface area (TPSA) is 113 Å². The number of amides is 2. The first-order valence-corrected chi connectivity index (χ1v) is 10.8. The van der Waals surface area contributed by atoms with Crippen molar-refractivity contribution >= 4 is 34.2 Å². The van der Waals surface area contributed by atoms with Gasteiger partial charge in [-0.3, -0.25) is 9.59 Å². The predicted octanol–water partition coefficient (Wildman–Crippen LogP) is 3.56. The highest BCUT2D eigenvalue weighted by atomic mass is 19.1. The van der Waals surface area contributed by atoms with Gasteiger partial charge in [-0.15, -0.1) is 0 Å². The predicted molar refractivity (Wildman–Crippen MR) is 127 cm³/mol. The number of morpholine rings is 1. The Morgan fingerprint density at radius 1 is 1.06 bits per heavy atom. The minimum Gasteiger partial charge on any atom is -0.378 e. The molecule has 3 aromatic carbocycles. The minimum atomic E-state index is -0.551. The Morgan fingerprint density at radius 2 is 1.82 bits per heavy atom. The highest BCUT2D eigenvalue weighted by Gasteiger charge is 2.17. The van der Waals surface area contributed by atoms with E-state index < -0.39 is 11.7 Å². The summed E-state index contributed by atoms with van der Waals surface area (Å²) in [6.45, 7) is 2.39. The number of imidazole rings is 1. The van der Waals surface area contributed by atoms with E-state index in [0.717, 1.165) is 5.56 Å². The lowest BCUT2D eigenvalue weighted by atomic mass is 10.1. The van der Waals surface area contributed by atoms with Crippen molar-refractivity contribution in [2.75, 3.05) is 36.5 Å². The number of anilines is 2. The molecule has 1 saturated heterocycles. The third kappa shape index (κ3) is 4.20. The van der Waals surface area contributed by atoms with Crippen LogP contribution >= 0.6 is 0 Å². The summed E-state index contributed by atoms with van der Waals surface area (Å²) >= 11 is 0. The number of para-hydroxylation sites is 1. The van der Waals surface area contributed by atoms with Crippen LogP contribution in [0, 0.1) is 5.82 Å². The van der Waals surface area contributed by atoms with Crippen molar-refractivity contribution in [2.45, 2.75) is 0 Å². The van der Waals surface area contributed by atoms with Gasteiger partial charge in [-0.05, 0) is 42.5 Å². The van der Waals surface area contributed by atoms with Crippen molar-refractivity contribution < 1.29 is 18.7 Å². The molecule has 1 aliphatic heterocycles.